The summed E-state index contributed by atoms with van der Waals surface area (Å²) in [6.07, 6.45) is 0. The van der Waals surface area contributed by atoms with E-state index in [9.17, 15) is 5.11 Å². The average molecular weight is 261 g/mol. The van der Waals surface area contributed by atoms with Crippen molar-refractivity contribution in [2.75, 3.05) is 5.73 Å². The summed E-state index contributed by atoms with van der Waals surface area (Å²) in [6.45, 7) is 0. The van der Waals surface area contributed by atoms with Crippen LogP contribution in [0.4, 0.5) is 5.69 Å². The normalized spacial score (nSPS) is 10.9. The maximum atomic E-state index is 9.79. The van der Waals surface area contributed by atoms with Gasteiger partial charge in [0.15, 0.2) is 5.58 Å². The largest absolute Gasteiger partial charge is 0.507 e. The van der Waals surface area contributed by atoms with E-state index in [0.29, 0.717) is 33.3 Å². The van der Waals surface area contributed by atoms with Gasteiger partial charge < -0.3 is 15.3 Å². The SMILES string of the molecule is Nc1ccc(O)c(-c2nc3cccc(Cl)c3o2)c1. The zero-order chi connectivity index (χ0) is 12.7. The van der Waals surface area contributed by atoms with Crippen molar-refractivity contribution in [1.82, 2.24) is 4.98 Å². The molecule has 0 amide bonds. The van der Waals surface area contributed by atoms with Crippen LogP contribution in [0.25, 0.3) is 22.6 Å². The third-order valence-electron chi connectivity index (χ3n) is 2.62. The number of hydrogen-bond donors (Lipinski definition) is 2. The van der Waals surface area contributed by atoms with E-state index in [4.69, 9.17) is 21.8 Å². The van der Waals surface area contributed by atoms with Gasteiger partial charge in [-0.2, -0.15) is 0 Å². The molecule has 2 aromatic carbocycles. The summed E-state index contributed by atoms with van der Waals surface area (Å²) in [5, 5.41) is 10.3. The monoisotopic (exact) mass is 260 g/mol. The number of anilines is 1. The van der Waals surface area contributed by atoms with Gasteiger partial charge in [-0.05, 0) is 30.3 Å². The molecule has 0 saturated carbocycles. The van der Waals surface area contributed by atoms with Crippen molar-refractivity contribution < 1.29 is 9.52 Å². The highest BCUT2D eigenvalue weighted by atomic mass is 35.5. The lowest BCUT2D eigenvalue weighted by Crippen LogP contribution is -1.86. The Bertz CT molecular complexity index is 737. The molecule has 18 heavy (non-hydrogen) atoms. The van der Waals surface area contributed by atoms with E-state index >= 15 is 0 Å². The Kier molecular flexibility index (Phi) is 2.38. The highest BCUT2D eigenvalue weighted by molar-refractivity contribution is 6.34. The van der Waals surface area contributed by atoms with E-state index in [0.717, 1.165) is 0 Å². The van der Waals surface area contributed by atoms with Crippen LogP contribution in [0.1, 0.15) is 0 Å². The fraction of sp³-hybridized carbons (Fsp3) is 0. The number of phenols is 1. The summed E-state index contributed by atoms with van der Waals surface area (Å²) < 4.78 is 5.56. The number of fused-ring (bicyclic) bond motifs is 1. The summed E-state index contributed by atoms with van der Waals surface area (Å²) in [6, 6.07) is 10.0. The van der Waals surface area contributed by atoms with Gasteiger partial charge in [-0.15, -0.1) is 0 Å². The third kappa shape index (κ3) is 1.67. The van der Waals surface area contributed by atoms with Crippen LogP contribution in [-0.2, 0) is 0 Å². The van der Waals surface area contributed by atoms with Gasteiger partial charge in [-0.1, -0.05) is 17.7 Å². The number of oxazole rings is 1. The van der Waals surface area contributed by atoms with E-state index in [-0.39, 0.29) is 5.75 Å². The Morgan fingerprint density at radius 1 is 1.22 bits per heavy atom. The number of nitrogen functional groups attached to an aromatic ring is 1. The van der Waals surface area contributed by atoms with Gasteiger partial charge in [0.05, 0.1) is 10.6 Å². The Morgan fingerprint density at radius 2 is 2.06 bits per heavy atom. The number of nitrogens with two attached hydrogens (primary N) is 1. The maximum absolute atomic E-state index is 9.79. The lowest BCUT2D eigenvalue weighted by Gasteiger charge is -2.00. The van der Waals surface area contributed by atoms with Crippen molar-refractivity contribution in [3.8, 4) is 17.2 Å². The molecule has 0 bridgehead atoms. The summed E-state index contributed by atoms with van der Waals surface area (Å²) in [5.41, 5.74) is 7.79. The van der Waals surface area contributed by atoms with Crippen LogP contribution in [0.15, 0.2) is 40.8 Å². The minimum atomic E-state index is 0.0619. The first-order chi connectivity index (χ1) is 8.65. The number of benzene rings is 2. The molecule has 0 saturated heterocycles. The molecule has 1 heterocycles. The molecule has 0 aliphatic heterocycles. The quantitative estimate of drug-likeness (QED) is 0.519. The fourth-order valence-electron chi connectivity index (χ4n) is 1.76. The van der Waals surface area contributed by atoms with Crippen molar-refractivity contribution in [2.45, 2.75) is 0 Å². The van der Waals surface area contributed by atoms with Gasteiger partial charge in [-0.3, -0.25) is 0 Å². The Balaban J connectivity index is 2.26. The van der Waals surface area contributed by atoms with Gasteiger partial charge in [-0.25, -0.2) is 4.98 Å². The van der Waals surface area contributed by atoms with Crippen LogP contribution < -0.4 is 5.73 Å². The van der Waals surface area contributed by atoms with Gasteiger partial charge in [0.1, 0.15) is 11.3 Å². The average Bonchev–Trinajstić information content (AvgIpc) is 2.77. The summed E-state index contributed by atoms with van der Waals surface area (Å²) in [5.74, 6) is 0.356. The molecule has 0 fully saturated rings. The number of aromatic nitrogens is 1. The number of aromatic hydroxyl groups is 1. The van der Waals surface area contributed by atoms with E-state index < -0.39 is 0 Å². The van der Waals surface area contributed by atoms with Crippen molar-refractivity contribution >= 4 is 28.4 Å². The van der Waals surface area contributed by atoms with Crippen LogP contribution in [0.2, 0.25) is 5.02 Å². The lowest BCUT2D eigenvalue weighted by atomic mass is 10.2. The van der Waals surface area contributed by atoms with E-state index in [2.05, 4.69) is 4.98 Å². The predicted molar refractivity (Wildman–Crippen MR) is 70.5 cm³/mol. The number of hydrogen-bond acceptors (Lipinski definition) is 4. The molecular weight excluding hydrogens is 252 g/mol. The Labute approximate surface area is 108 Å². The molecule has 0 aliphatic carbocycles. The molecule has 0 spiro atoms. The molecule has 0 unspecified atom stereocenters. The Hall–Kier alpha value is -2.20. The first kappa shape index (κ1) is 10.9. The number of phenolic OH excluding ortho intramolecular Hbond substituents is 1. The van der Waals surface area contributed by atoms with Crippen molar-refractivity contribution in [3.63, 3.8) is 0 Å². The van der Waals surface area contributed by atoms with Crippen LogP contribution in [0, 0.1) is 0 Å². The second-order valence-corrected chi connectivity index (χ2v) is 4.29. The first-order valence-corrected chi connectivity index (χ1v) is 5.67. The highest BCUT2D eigenvalue weighted by Gasteiger charge is 2.13. The molecule has 90 valence electrons. The second kappa shape index (κ2) is 3.92. The van der Waals surface area contributed by atoms with Crippen molar-refractivity contribution in [1.29, 1.82) is 0 Å². The minimum Gasteiger partial charge on any atom is -0.507 e. The van der Waals surface area contributed by atoms with Crippen LogP contribution in [0.3, 0.4) is 0 Å². The van der Waals surface area contributed by atoms with Gasteiger partial charge in [0, 0.05) is 5.69 Å². The van der Waals surface area contributed by atoms with Crippen LogP contribution in [0.5, 0.6) is 5.75 Å². The van der Waals surface area contributed by atoms with Crippen LogP contribution >= 0.6 is 11.6 Å². The van der Waals surface area contributed by atoms with Gasteiger partial charge in [0.2, 0.25) is 5.89 Å². The van der Waals surface area contributed by atoms with Gasteiger partial charge in [0.25, 0.3) is 0 Å². The molecule has 0 atom stereocenters. The minimum absolute atomic E-state index is 0.0619. The Morgan fingerprint density at radius 3 is 2.83 bits per heavy atom. The molecule has 3 aromatic rings. The first-order valence-electron chi connectivity index (χ1n) is 5.29. The standard InChI is InChI=1S/C13H9ClN2O2/c14-9-2-1-3-10-12(9)18-13(16-10)8-6-7(15)4-5-11(8)17/h1-6,17H,15H2. The van der Waals surface area contributed by atoms with E-state index in [1.54, 1.807) is 30.3 Å². The number of halogens is 1. The molecule has 0 aliphatic rings. The summed E-state index contributed by atoms with van der Waals surface area (Å²) in [7, 11) is 0. The predicted octanol–water partition coefficient (Wildman–Crippen LogP) is 3.44. The van der Waals surface area contributed by atoms with E-state index in [1.807, 2.05) is 0 Å². The van der Waals surface area contributed by atoms with Gasteiger partial charge >= 0.3 is 0 Å². The van der Waals surface area contributed by atoms with Crippen LogP contribution in [-0.4, -0.2) is 10.1 Å². The second-order valence-electron chi connectivity index (χ2n) is 3.88. The van der Waals surface area contributed by atoms with Crippen molar-refractivity contribution in [3.05, 3.63) is 41.4 Å². The fourth-order valence-corrected chi connectivity index (χ4v) is 1.96. The molecule has 4 nitrogen and oxygen atoms in total. The summed E-state index contributed by atoms with van der Waals surface area (Å²) in [4.78, 5) is 4.28. The molecule has 0 radical (unpaired) electrons. The summed E-state index contributed by atoms with van der Waals surface area (Å²) >= 11 is 6.01. The number of para-hydroxylation sites is 1. The molecule has 5 heteroatoms. The smallest absolute Gasteiger partial charge is 0.231 e. The molecule has 3 N–H and O–H groups in total. The molecule has 3 rings (SSSR count). The topological polar surface area (TPSA) is 72.3 Å². The zero-order valence-electron chi connectivity index (χ0n) is 9.22. The molecular formula is C13H9ClN2O2. The number of nitrogens with zero attached hydrogens (tertiary/aromatic N) is 1. The lowest BCUT2D eigenvalue weighted by molar-refractivity contribution is 0.474. The zero-order valence-corrected chi connectivity index (χ0v) is 9.98. The molecule has 1 aromatic heterocycles. The highest BCUT2D eigenvalue weighted by Crippen LogP contribution is 2.34. The van der Waals surface area contributed by atoms with Crippen molar-refractivity contribution in [2.24, 2.45) is 0 Å². The van der Waals surface area contributed by atoms with E-state index in [1.165, 1.54) is 6.07 Å². The third-order valence-corrected chi connectivity index (χ3v) is 2.92. The number of rotatable bonds is 1. The maximum Gasteiger partial charge on any atom is 0.231 e.